The highest BCUT2D eigenvalue weighted by Crippen LogP contribution is 2.26. The van der Waals surface area contributed by atoms with Gasteiger partial charge in [-0.15, -0.1) is 0 Å². The second kappa shape index (κ2) is 9.42. The van der Waals surface area contributed by atoms with Gasteiger partial charge in [0.1, 0.15) is 5.69 Å². The van der Waals surface area contributed by atoms with E-state index in [0.29, 0.717) is 49.4 Å². The normalized spacial score (nSPS) is 10.8. The smallest absolute Gasteiger partial charge is 0.271 e. The summed E-state index contributed by atoms with van der Waals surface area (Å²) in [5.74, 6) is -0.144. The van der Waals surface area contributed by atoms with Crippen LogP contribution in [-0.4, -0.2) is 61.0 Å². The Kier molecular flexibility index (Phi) is 7.24. The Morgan fingerprint density at radius 2 is 2.00 bits per heavy atom. The number of aromatic nitrogens is 2. The van der Waals surface area contributed by atoms with Gasteiger partial charge in [0.2, 0.25) is 0 Å². The van der Waals surface area contributed by atoms with Gasteiger partial charge in [0.15, 0.2) is 0 Å². The average molecular weight is 352 g/mol. The molecule has 0 aliphatic heterocycles. The van der Waals surface area contributed by atoms with Crippen molar-refractivity contribution in [3.8, 4) is 11.3 Å². The molecule has 0 aliphatic rings. The number of halogens is 1. The highest BCUT2D eigenvalue weighted by molar-refractivity contribution is 6.33. The molecule has 1 heterocycles. The topological polar surface area (TPSA) is 67.5 Å². The largest absolute Gasteiger partial charge is 0.379 e. The summed E-state index contributed by atoms with van der Waals surface area (Å²) in [6.45, 7) is 4.65. The third kappa shape index (κ3) is 5.06. The summed E-state index contributed by atoms with van der Waals surface area (Å²) in [6.07, 6.45) is 0. The van der Waals surface area contributed by atoms with Crippen LogP contribution in [0.3, 0.4) is 0 Å². The van der Waals surface area contributed by atoms with Gasteiger partial charge in [0, 0.05) is 25.8 Å². The maximum Gasteiger partial charge on any atom is 0.271 e. The molecule has 2 rings (SSSR count). The van der Waals surface area contributed by atoms with Crippen molar-refractivity contribution < 1.29 is 14.3 Å². The monoisotopic (exact) mass is 351 g/mol. The van der Waals surface area contributed by atoms with Crippen LogP contribution in [0.5, 0.6) is 0 Å². The second-order valence-electron chi connectivity index (χ2n) is 5.18. The molecule has 0 saturated heterocycles. The van der Waals surface area contributed by atoms with E-state index in [9.17, 15) is 4.79 Å². The quantitative estimate of drug-likeness (QED) is 0.705. The average Bonchev–Trinajstić information content (AvgIpc) is 3.07. The predicted octanol–water partition coefficient (Wildman–Crippen LogP) is 2.86. The van der Waals surface area contributed by atoms with E-state index in [1.807, 2.05) is 25.1 Å². The van der Waals surface area contributed by atoms with E-state index in [-0.39, 0.29) is 5.91 Å². The number of amides is 1. The van der Waals surface area contributed by atoms with Crippen molar-refractivity contribution in [3.05, 3.63) is 41.0 Å². The summed E-state index contributed by atoms with van der Waals surface area (Å²) in [4.78, 5) is 14.0. The van der Waals surface area contributed by atoms with E-state index in [1.165, 1.54) is 0 Å². The van der Waals surface area contributed by atoms with Crippen molar-refractivity contribution >= 4 is 17.5 Å². The summed E-state index contributed by atoms with van der Waals surface area (Å²) >= 11 is 6.15. The SMILES string of the molecule is CCOCCOCCN(C)C(=O)c1cc(-c2ccccc2Cl)n[nH]1. The van der Waals surface area contributed by atoms with Crippen molar-refractivity contribution in [2.75, 3.05) is 40.0 Å². The van der Waals surface area contributed by atoms with Crippen LogP contribution in [-0.2, 0) is 9.47 Å². The van der Waals surface area contributed by atoms with Crippen LogP contribution in [0.4, 0.5) is 0 Å². The van der Waals surface area contributed by atoms with Crippen molar-refractivity contribution in [1.29, 1.82) is 0 Å². The van der Waals surface area contributed by atoms with Gasteiger partial charge in [-0.2, -0.15) is 5.10 Å². The van der Waals surface area contributed by atoms with E-state index in [0.717, 1.165) is 5.56 Å². The Bertz CT molecular complexity index is 660. The van der Waals surface area contributed by atoms with E-state index in [1.54, 1.807) is 24.1 Å². The molecule has 0 bridgehead atoms. The molecule has 24 heavy (non-hydrogen) atoms. The molecular formula is C17H22ClN3O3. The Balaban J connectivity index is 1.87. The summed E-state index contributed by atoms with van der Waals surface area (Å²) < 4.78 is 10.6. The Hall–Kier alpha value is -1.89. The highest BCUT2D eigenvalue weighted by atomic mass is 35.5. The molecule has 0 spiro atoms. The molecule has 130 valence electrons. The Morgan fingerprint density at radius 1 is 1.25 bits per heavy atom. The van der Waals surface area contributed by atoms with Gasteiger partial charge in [-0.3, -0.25) is 9.89 Å². The molecule has 1 aromatic heterocycles. The maximum absolute atomic E-state index is 12.4. The minimum Gasteiger partial charge on any atom is -0.379 e. The van der Waals surface area contributed by atoms with Crippen molar-refractivity contribution in [1.82, 2.24) is 15.1 Å². The van der Waals surface area contributed by atoms with Gasteiger partial charge < -0.3 is 14.4 Å². The molecule has 1 amide bonds. The number of carbonyl (C=O) groups is 1. The van der Waals surface area contributed by atoms with Crippen LogP contribution in [0.1, 0.15) is 17.4 Å². The first-order valence-corrected chi connectivity index (χ1v) is 8.22. The van der Waals surface area contributed by atoms with Crippen LogP contribution in [0.15, 0.2) is 30.3 Å². The standard InChI is InChI=1S/C17H22ClN3O3/c1-3-23-10-11-24-9-8-21(2)17(22)16-12-15(19-20-16)13-6-4-5-7-14(13)18/h4-7,12H,3,8-11H2,1-2H3,(H,19,20). The summed E-state index contributed by atoms with van der Waals surface area (Å²) in [5, 5.41) is 7.54. The van der Waals surface area contributed by atoms with Crippen molar-refractivity contribution in [3.63, 3.8) is 0 Å². The first kappa shape index (κ1) is 18.4. The Labute approximate surface area is 146 Å². The van der Waals surface area contributed by atoms with Gasteiger partial charge in [0.25, 0.3) is 5.91 Å². The number of ether oxygens (including phenoxy) is 2. The fraction of sp³-hybridized carbons (Fsp3) is 0.412. The molecule has 0 saturated carbocycles. The number of rotatable bonds is 9. The minimum atomic E-state index is -0.144. The molecule has 0 fully saturated rings. The molecule has 6 nitrogen and oxygen atoms in total. The van der Waals surface area contributed by atoms with E-state index < -0.39 is 0 Å². The zero-order chi connectivity index (χ0) is 17.4. The van der Waals surface area contributed by atoms with Gasteiger partial charge in [-0.1, -0.05) is 29.8 Å². The first-order valence-electron chi connectivity index (χ1n) is 7.84. The molecule has 0 radical (unpaired) electrons. The molecular weight excluding hydrogens is 330 g/mol. The molecule has 7 heteroatoms. The number of nitrogens with one attached hydrogen (secondary N) is 1. The number of carbonyl (C=O) groups excluding carboxylic acids is 1. The first-order chi connectivity index (χ1) is 11.6. The zero-order valence-corrected chi connectivity index (χ0v) is 14.7. The molecule has 1 aromatic carbocycles. The van der Waals surface area contributed by atoms with E-state index in [4.69, 9.17) is 21.1 Å². The summed E-state index contributed by atoms with van der Waals surface area (Å²) in [7, 11) is 1.73. The summed E-state index contributed by atoms with van der Waals surface area (Å²) in [5.41, 5.74) is 1.85. The lowest BCUT2D eigenvalue weighted by Gasteiger charge is -2.16. The van der Waals surface area contributed by atoms with Crippen molar-refractivity contribution in [2.45, 2.75) is 6.92 Å². The van der Waals surface area contributed by atoms with E-state index >= 15 is 0 Å². The second-order valence-corrected chi connectivity index (χ2v) is 5.59. The van der Waals surface area contributed by atoms with Crippen LogP contribution in [0.2, 0.25) is 5.02 Å². The molecule has 2 aromatic rings. The van der Waals surface area contributed by atoms with Gasteiger partial charge in [-0.25, -0.2) is 0 Å². The number of H-pyrrole nitrogens is 1. The number of benzene rings is 1. The van der Waals surface area contributed by atoms with Gasteiger partial charge in [-0.05, 0) is 19.1 Å². The lowest BCUT2D eigenvalue weighted by Crippen LogP contribution is -2.30. The van der Waals surface area contributed by atoms with Crippen LogP contribution >= 0.6 is 11.6 Å². The fourth-order valence-electron chi connectivity index (χ4n) is 2.11. The molecule has 0 aliphatic carbocycles. The molecule has 0 unspecified atom stereocenters. The zero-order valence-electron chi connectivity index (χ0n) is 13.9. The fourth-order valence-corrected chi connectivity index (χ4v) is 2.34. The van der Waals surface area contributed by atoms with Crippen LogP contribution in [0.25, 0.3) is 11.3 Å². The number of nitrogens with zero attached hydrogens (tertiary/aromatic N) is 2. The third-order valence-corrected chi connectivity index (χ3v) is 3.78. The Morgan fingerprint density at radius 3 is 2.75 bits per heavy atom. The van der Waals surface area contributed by atoms with Crippen LogP contribution in [0, 0.1) is 0 Å². The highest BCUT2D eigenvalue weighted by Gasteiger charge is 2.16. The lowest BCUT2D eigenvalue weighted by atomic mass is 10.1. The number of hydrogen-bond donors (Lipinski definition) is 1. The molecule has 1 N–H and O–H groups in total. The van der Waals surface area contributed by atoms with Crippen LogP contribution < -0.4 is 0 Å². The molecule has 0 atom stereocenters. The van der Waals surface area contributed by atoms with Gasteiger partial charge in [0.05, 0.1) is 30.5 Å². The summed E-state index contributed by atoms with van der Waals surface area (Å²) in [6, 6.07) is 9.09. The minimum absolute atomic E-state index is 0.144. The van der Waals surface area contributed by atoms with E-state index in [2.05, 4.69) is 10.2 Å². The number of hydrogen-bond acceptors (Lipinski definition) is 4. The number of likely N-dealkylation sites (N-methyl/N-ethyl adjacent to an activating group) is 1. The number of aromatic amines is 1. The third-order valence-electron chi connectivity index (χ3n) is 3.45. The maximum atomic E-state index is 12.4. The lowest BCUT2D eigenvalue weighted by molar-refractivity contribution is 0.0422. The predicted molar refractivity (Wildman–Crippen MR) is 93.3 cm³/mol. The van der Waals surface area contributed by atoms with Crippen molar-refractivity contribution in [2.24, 2.45) is 0 Å². The van der Waals surface area contributed by atoms with Gasteiger partial charge >= 0.3 is 0 Å².